The van der Waals surface area contributed by atoms with Crippen LogP contribution in [0.25, 0.3) is 0 Å². The van der Waals surface area contributed by atoms with Crippen molar-refractivity contribution >= 4 is 27.0 Å². The van der Waals surface area contributed by atoms with Gasteiger partial charge in [0.25, 0.3) is 0 Å². The molecule has 0 aliphatic rings. The largest absolute Gasteiger partial charge is 0.379 e. The van der Waals surface area contributed by atoms with Crippen molar-refractivity contribution in [2.75, 3.05) is 19.4 Å². The zero-order chi connectivity index (χ0) is 15.6. The number of thiophene rings is 1. The molecule has 0 unspecified atom stereocenters. The van der Waals surface area contributed by atoms with E-state index < -0.39 is 10.0 Å². The molecule has 1 aromatic carbocycles. The van der Waals surface area contributed by atoms with Gasteiger partial charge in [-0.1, -0.05) is 12.1 Å². The Morgan fingerprint density at radius 3 is 2.43 bits per heavy atom. The van der Waals surface area contributed by atoms with Crippen LogP contribution in [0.1, 0.15) is 15.3 Å². The lowest BCUT2D eigenvalue weighted by Gasteiger charge is -2.15. The molecule has 2 aromatic rings. The molecule has 4 nitrogen and oxygen atoms in total. The number of para-hydroxylation sites is 1. The van der Waals surface area contributed by atoms with E-state index in [2.05, 4.69) is 25.2 Å². The molecule has 0 amide bonds. The molecular weight excluding hydrogens is 304 g/mol. The molecule has 0 saturated heterocycles. The van der Waals surface area contributed by atoms with Crippen LogP contribution in [0.2, 0.25) is 0 Å². The van der Waals surface area contributed by atoms with Gasteiger partial charge in [-0.25, -0.2) is 12.7 Å². The van der Waals surface area contributed by atoms with E-state index in [-0.39, 0.29) is 0 Å². The number of aryl methyl sites for hydroxylation is 2. The second-order valence-electron chi connectivity index (χ2n) is 5.09. The maximum Gasteiger partial charge on any atom is 0.244 e. The van der Waals surface area contributed by atoms with Crippen molar-refractivity contribution in [3.8, 4) is 0 Å². The molecule has 2 rings (SSSR count). The smallest absolute Gasteiger partial charge is 0.244 e. The van der Waals surface area contributed by atoms with Gasteiger partial charge in [0, 0.05) is 30.4 Å². The highest BCUT2D eigenvalue weighted by Crippen LogP contribution is 2.26. The molecule has 114 valence electrons. The third-order valence-corrected chi connectivity index (χ3v) is 6.34. The summed E-state index contributed by atoms with van der Waals surface area (Å²) in [6, 6.07) is 9.13. The highest BCUT2D eigenvalue weighted by Gasteiger charge is 2.20. The number of benzene rings is 1. The van der Waals surface area contributed by atoms with E-state index in [1.54, 1.807) is 29.5 Å². The first kappa shape index (κ1) is 16.0. The molecule has 6 heteroatoms. The van der Waals surface area contributed by atoms with E-state index in [1.807, 2.05) is 6.07 Å². The molecule has 0 radical (unpaired) electrons. The number of nitrogens with one attached hydrogen (secondary N) is 1. The average molecular weight is 324 g/mol. The van der Waals surface area contributed by atoms with Crippen molar-refractivity contribution in [3.63, 3.8) is 0 Å². The highest BCUT2D eigenvalue weighted by atomic mass is 32.2. The summed E-state index contributed by atoms with van der Waals surface area (Å²) in [5.74, 6) is 0. The van der Waals surface area contributed by atoms with Gasteiger partial charge >= 0.3 is 0 Å². The molecule has 0 saturated carbocycles. The lowest BCUT2D eigenvalue weighted by molar-refractivity contribution is 0.521. The van der Waals surface area contributed by atoms with Gasteiger partial charge < -0.3 is 5.32 Å². The van der Waals surface area contributed by atoms with Crippen LogP contribution in [0.15, 0.2) is 35.2 Å². The van der Waals surface area contributed by atoms with Crippen LogP contribution >= 0.6 is 11.3 Å². The van der Waals surface area contributed by atoms with Gasteiger partial charge in [-0.2, -0.15) is 0 Å². The Bertz CT molecular complexity index is 714. The quantitative estimate of drug-likeness (QED) is 0.918. The first-order valence-corrected chi connectivity index (χ1v) is 8.89. The van der Waals surface area contributed by atoms with Crippen LogP contribution in [0.3, 0.4) is 0 Å². The molecule has 0 spiro atoms. The Kier molecular flexibility index (Phi) is 4.70. The Balaban J connectivity index is 2.25. The van der Waals surface area contributed by atoms with E-state index in [9.17, 15) is 8.42 Å². The van der Waals surface area contributed by atoms with Gasteiger partial charge in [0.15, 0.2) is 0 Å². The summed E-state index contributed by atoms with van der Waals surface area (Å²) in [6.07, 6.45) is 0. The summed E-state index contributed by atoms with van der Waals surface area (Å²) in [5, 5.41) is 3.24. The minimum atomic E-state index is -3.44. The fraction of sp³-hybridized carbons (Fsp3) is 0.333. The molecule has 1 aromatic heterocycles. The van der Waals surface area contributed by atoms with Crippen LogP contribution in [-0.4, -0.2) is 26.8 Å². The second-order valence-corrected chi connectivity index (χ2v) is 8.55. The number of rotatable bonds is 5. The Morgan fingerprint density at radius 1 is 1.19 bits per heavy atom. The van der Waals surface area contributed by atoms with E-state index in [1.165, 1.54) is 33.7 Å². The fourth-order valence-electron chi connectivity index (χ4n) is 1.95. The minimum Gasteiger partial charge on any atom is -0.379 e. The molecular formula is C15H20N2O2S2. The van der Waals surface area contributed by atoms with Gasteiger partial charge in [0.05, 0.1) is 5.69 Å². The molecule has 1 N–H and O–H groups in total. The van der Waals surface area contributed by atoms with Crippen molar-refractivity contribution in [3.05, 3.63) is 45.6 Å². The number of hydrogen-bond acceptors (Lipinski definition) is 4. The third kappa shape index (κ3) is 3.45. The van der Waals surface area contributed by atoms with E-state index in [0.717, 1.165) is 0 Å². The zero-order valence-electron chi connectivity index (χ0n) is 12.7. The molecule has 0 fully saturated rings. The van der Waals surface area contributed by atoms with Crippen molar-refractivity contribution in [2.45, 2.75) is 25.3 Å². The van der Waals surface area contributed by atoms with E-state index in [0.29, 0.717) is 17.1 Å². The Labute approximate surface area is 130 Å². The highest BCUT2D eigenvalue weighted by molar-refractivity contribution is 7.89. The predicted octanol–water partition coefficient (Wildman–Crippen LogP) is 3.23. The number of hydrogen-bond donors (Lipinski definition) is 1. The predicted molar refractivity (Wildman–Crippen MR) is 88.4 cm³/mol. The molecule has 0 bridgehead atoms. The summed E-state index contributed by atoms with van der Waals surface area (Å²) < 4.78 is 25.9. The average Bonchev–Trinajstić information content (AvgIpc) is 2.75. The third-order valence-electron chi connectivity index (χ3n) is 3.32. The SMILES string of the molecule is Cc1cc(CNc2ccccc2S(=O)(=O)N(C)C)sc1C. The van der Waals surface area contributed by atoms with Gasteiger partial charge in [0.2, 0.25) is 10.0 Å². The summed E-state index contributed by atoms with van der Waals surface area (Å²) >= 11 is 1.73. The molecule has 0 aliphatic heterocycles. The van der Waals surface area contributed by atoms with Crippen LogP contribution in [0.4, 0.5) is 5.69 Å². The van der Waals surface area contributed by atoms with Crippen molar-refractivity contribution < 1.29 is 8.42 Å². The maximum atomic E-state index is 12.3. The lowest BCUT2D eigenvalue weighted by atomic mass is 10.3. The molecule has 0 aliphatic carbocycles. The summed E-state index contributed by atoms with van der Waals surface area (Å²) in [5.41, 5.74) is 1.90. The normalized spacial score (nSPS) is 11.9. The number of nitrogens with zero attached hydrogens (tertiary/aromatic N) is 1. The Hall–Kier alpha value is -1.37. The van der Waals surface area contributed by atoms with Crippen LogP contribution in [0.5, 0.6) is 0 Å². The summed E-state index contributed by atoms with van der Waals surface area (Å²) in [4.78, 5) is 2.79. The lowest BCUT2D eigenvalue weighted by Crippen LogP contribution is -2.23. The zero-order valence-corrected chi connectivity index (χ0v) is 14.3. The summed E-state index contributed by atoms with van der Waals surface area (Å²) in [6.45, 7) is 4.80. The van der Waals surface area contributed by atoms with Crippen molar-refractivity contribution in [2.24, 2.45) is 0 Å². The standard InChI is InChI=1S/C15H20N2O2S2/c1-11-9-13(20-12(11)2)10-16-14-7-5-6-8-15(14)21(18,19)17(3)4/h5-9,16H,10H2,1-4H3. The van der Waals surface area contributed by atoms with Crippen molar-refractivity contribution in [1.29, 1.82) is 0 Å². The first-order chi connectivity index (χ1) is 9.82. The van der Waals surface area contributed by atoms with Crippen LogP contribution < -0.4 is 5.32 Å². The summed E-state index contributed by atoms with van der Waals surface area (Å²) in [7, 11) is -0.361. The first-order valence-electron chi connectivity index (χ1n) is 6.63. The van der Waals surface area contributed by atoms with Gasteiger partial charge in [-0.3, -0.25) is 0 Å². The monoisotopic (exact) mass is 324 g/mol. The maximum absolute atomic E-state index is 12.3. The molecule has 0 atom stereocenters. The number of anilines is 1. The second kappa shape index (κ2) is 6.17. The fourth-order valence-corrected chi connectivity index (χ4v) is 4.01. The van der Waals surface area contributed by atoms with Crippen LogP contribution in [0, 0.1) is 13.8 Å². The number of sulfonamides is 1. The van der Waals surface area contributed by atoms with Crippen molar-refractivity contribution in [1.82, 2.24) is 4.31 Å². The minimum absolute atomic E-state index is 0.306. The molecule has 1 heterocycles. The van der Waals surface area contributed by atoms with Gasteiger partial charge in [-0.15, -0.1) is 11.3 Å². The van der Waals surface area contributed by atoms with E-state index >= 15 is 0 Å². The topological polar surface area (TPSA) is 49.4 Å². The van der Waals surface area contributed by atoms with Gasteiger partial charge in [0.1, 0.15) is 4.90 Å². The van der Waals surface area contributed by atoms with Crippen LogP contribution in [-0.2, 0) is 16.6 Å². The van der Waals surface area contributed by atoms with E-state index in [4.69, 9.17) is 0 Å². The van der Waals surface area contributed by atoms with Gasteiger partial charge in [-0.05, 0) is 37.6 Å². The Morgan fingerprint density at radius 2 is 1.86 bits per heavy atom. The molecule has 21 heavy (non-hydrogen) atoms.